The summed E-state index contributed by atoms with van der Waals surface area (Å²) in [6.45, 7) is 2.62. The molecule has 0 fully saturated rings. The first-order valence-corrected chi connectivity index (χ1v) is 19.1. The van der Waals surface area contributed by atoms with E-state index >= 15 is 0 Å². The number of nitrogens with zero attached hydrogens (tertiary/aromatic N) is 1. The molecule has 6 rings (SSSR count). The van der Waals surface area contributed by atoms with Crippen LogP contribution in [0.15, 0.2) is 103 Å². The summed E-state index contributed by atoms with van der Waals surface area (Å²) in [4.78, 5) is 18.8. The number of rotatable bonds is 18. The molecule has 5 aromatic carbocycles. The number of methoxy groups -OCH3 is 2. The van der Waals surface area contributed by atoms with Gasteiger partial charge in [0.1, 0.15) is 11.5 Å². The van der Waals surface area contributed by atoms with Crippen molar-refractivity contribution in [2.75, 3.05) is 21.3 Å². The Kier molecular flexibility index (Phi) is 13.0. The second-order valence-corrected chi connectivity index (χ2v) is 14.5. The molecule has 0 aliphatic carbocycles. The Morgan fingerprint density at radius 3 is 2.30 bits per heavy atom. The van der Waals surface area contributed by atoms with Gasteiger partial charge >= 0.3 is 0 Å². The standard InChI is InChI=1S/C47H51N2O7/c1-5-32-11-12-33-8-6-7-9-38(33)39(32)25-41-34(13-15-43(52)47(41)56-4)23-36(18-30-16-17-49-28-30)44(53)26-45(54)40(21-29-10-14-42(51)46(22-29)55-3)35-19-31(27-48-2)20-37(50)24-35/h6-17,19-20,22,24,28,36,40,44,48,50-53H,5,18,21,23,25-27H2,1-4H3/q-1. The van der Waals surface area contributed by atoms with Gasteiger partial charge in [-0.15, -0.1) is 0 Å². The number of aliphatic hydroxyl groups excluding tert-OH is 1. The number of nitrogens with one attached hydrogen (secondary N) is 1. The third-order valence-corrected chi connectivity index (χ3v) is 10.8. The quantitative estimate of drug-likeness (QED) is 0.0601. The number of ether oxygens (including phenoxy) is 2. The Labute approximate surface area is 328 Å². The van der Waals surface area contributed by atoms with Crippen molar-refractivity contribution in [3.8, 4) is 28.7 Å². The Morgan fingerprint density at radius 1 is 0.786 bits per heavy atom. The molecule has 56 heavy (non-hydrogen) atoms. The Balaban J connectivity index is 1.36. The lowest BCUT2D eigenvalue weighted by Crippen LogP contribution is -2.30. The maximum Gasteiger partial charge on any atom is 0.164 e. The topological polar surface area (TPSA) is 143 Å². The Morgan fingerprint density at radius 2 is 1.57 bits per heavy atom. The minimum absolute atomic E-state index is 0.00958. The van der Waals surface area contributed by atoms with Crippen LogP contribution in [0.25, 0.3) is 10.8 Å². The summed E-state index contributed by atoms with van der Waals surface area (Å²) in [5.41, 5.74) is 7.23. The highest BCUT2D eigenvalue weighted by atomic mass is 16.5. The number of aromatic nitrogens is 1. The lowest BCUT2D eigenvalue weighted by molar-refractivity contribution is -0.123. The number of hydrogen-bond acceptors (Lipinski definition) is 8. The number of carbonyl (C=O) groups excluding carboxylic acids is 1. The van der Waals surface area contributed by atoms with Gasteiger partial charge in [-0.2, -0.15) is 12.4 Å². The minimum atomic E-state index is -1.06. The molecule has 5 N–H and O–H groups in total. The zero-order valence-electron chi connectivity index (χ0n) is 32.5. The largest absolute Gasteiger partial charge is 0.670 e. The molecule has 0 aliphatic heterocycles. The van der Waals surface area contributed by atoms with Crippen molar-refractivity contribution >= 4 is 16.6 Å². The van der Waals surface area contributed by atoms with Crippen molar-refractivity contribution < 1.29 is 34.7 Å². The molecule has 292 valence electrons. The average molecular weight is 756 g/mol. The van der Waals surface area contributed by atoms with E-state index < -0.39 is 17.9 Å². The van der Waals surface area contributed by atoms with Crippen LogP contribution in [0.3, 0.4) is 0 Å². The third kappa shape index (κ3) is 9.18. The second kappa shape index (κ2) is 18.2. The summed E-state index contributed by atoms with van der Waals surface area (Å²) in [6, 6.07) is 28.2. The maximum absolute atomic E-state index is 14.6. The smallest absolute Gasteiger partial charge is 0.164 e. The molecule has 6 aromatic rings. The van der Waals surface area contributed by atoms with Crippen molar-refractivity contribution in [1.82, 2.24) is 10.3 Å². The summed E-state index contributed by atoms with van der Waals surface area (Å²) in [5.74, 6) is -0.566. The van der Waals surface area contributed by atoms with Crippen LogP contribution in [0.4, 0.5) is 0 Å². The number of aliphatic hydroxyl groups is 1. The molecule has 3 unspecified atom stereocenters. The summed E-state index contributed by atoms with van der Waals surface area (Å²) in [5, 5.41) is 49.6. The highest BCUT2D eigenvalue weighted by Gasteiger charge is 2.30. The monoisotopic (exact) mass is 755 g/mol. The van der Waals surface area contributed by atoms with E-state index in [2.05, 4.69) is 41.5 Å². The van der Waals surface area contributed by atoms with E-state index in [1.165, 1.54) is 18.7 Å². The van der Waals surface area contributed by atoms with Gasteiger partial charge in [0.25, 0.3) is 0 Å². The van der Waals surface area contributed by atoms with Crippen LogP contribution in [0.2, 0.25) is 0 Å². The first-order chi connectivity index (χ1) is 27.1. The number of benzene rings is 5. The normalized spacial score (nSPS) is 13.0. The minimum Gasteiger partial charge on any atom is -0.670 e. The van der Waals surface area contributed by atoms with Crippen LogP contribution in [0, 0.1) is 5.92 Å². The predicted octanol–water partition coefficient (Wildman–Crippen LogP) is 7.55. The van der Waals surface area contributed by atoms with Gasteiger partial charge in [0, 0.05) is 30.9 Å². The Hall–Kier alpha value is -5.77. The molecule has 0 amide bonds. The number of phenolic OH excluding ortho intramolecular Hbond substituents is 3. The van der Waals surface area contributed by atoms with E-state index in [1.807, 2.05) is 37.4 Å². The van der Waals surface area contributed by atoms with Crippen molar-refractivity contribution in [1.29, 1.82) is 0 Å². The number of fused-ring (bicyclic) bond motifs is 1. The molecule has 0 spiro atoms. The van der Waals surface area contributed by atoms with Gasteiger partial charge in [0.15, 0.2) is 23.0 Å². The number of ketones is 1. The number of aryl methyl sites for hydroxylation is 1. The van der Waals surface area contributed by atoms with Gasteiger partial charge in [0.05, 0.1) is 20.3 Å². The lowest BCUT2D eigenvalue weighted by atomic mass is 9.80. The van der Waals surface area contributed by atoms with Crippen molar-refractivity contribution in [2.24, 2.45) is 5.92 Å². The number of hydrogen-bond donors (Lipinski definition) is 5. The molecule has 0 saturated carbocycles. The van der Waals surface area contributed by atoms with E-state index in [4.69, 9.17) is 9.47 Å². The summed E-state index contributed by atoms with van der Waals surface area (Å²) in [6.07, 6.45) is 4.74. The molecule has 1 aromatic heterocycles. The zero-order chi connectivity index (χ0) is 39.8. The van der Waals surface area contributed by atoms with Gasteiger partial charge in [0.2, 0.25) is 0 Å². The molecule has 3 atom stereocenters. The highest BCUT2D eigenvalue weighted by molar-refractivity contribution is 5.88. The van der Waals surface area contributed by atoms with Gasteiger partial charge in [-0.3, -0.25) is 4.79 Å². The first-order valence-electron chi connectivity index (χ1n) is 19.1. The maximum atomic E-state index is 14.6. The molecular formula is C47H51N2O7-. The molecule has 9 nitrogen and oxygen atoms in total. The molecule has 1 heterocycles. The number of aromatic hydroxyl groups is 3. The van der Waals surface area contributed by atoms with Crippen molar-refractivity contribution in [3.63, 3.8) is 0 Å². The molecule has 0 bridgehead atoms. The van der Waals surface area contributed by atoms with Gasteiger partial charge in [-0.1, -0.05) is 73.2 Å². The van der Waals surface area contributed by atoms with E-state index in [1.54, 1.807) is 49.8 Å². The van der Waals surface area contributed by atoms with E-state index in [0.717, 1.165) is 50.6 Å². The van der Waals surface area contributed by atoms with Gasteiger partial charge in [-0.25, -0.2) is 0 Å². The fourth-order valence-corrected chi connectivity index (χ4v) is 7.96. The summed E-state index contributed by atoms with van der Waals surface area (Å²) < 4.78 is 11.2. The second-order valence-electron chi connectivity index (χ2n) is 14.5. The fourth-order valence-electron chi connectivity index (χ4n) is 7.96. The molecule has 0 saturated heterocycles. The lowest BCUT2D eigenvalue weighted by Gasteiger charge is -2.27. The van der Waals surface area contributed by atoms with Crippen LogP contribution in [-0.2, 0) is 43.4 Å². The highest BCUT2D eigenvalue weighted by Crippen LogP contribution is 2.39. The number of carbonyl (C=O) groups is 1. The third-order valence-electron chi connectivity index (χ3n) is 10.8. The summed E-state index contributed by atoms with van der Waals surface area (Å²) >= 11 is 0. The molecule has 0 radical (unpaired) electrons. The SMILES string of the molecule is CCc1ccc2ccccc2c1Cc1c(CC(Cc2cc[n-]c2)C(O)CC(=O)C(Cc2ccc(O)c(OC)c2)c2cc(O)cc(CNC)c2)ccc(O)c1OC. The number of Topliss-reactive ketones (excluding diaryl/α,β-unsaturated/α-hetero) is 1. The summed E-state index contributed by atoms with van der Waals surface area (Å²) in [7, 11) is 4.84. The zero-order valence-corrected chi connectivity index (χ0v) is 32.5. The van der Waals surface area contributed by atoms with E-state index in [-0.39, 0.29) is 35.9 Å². The van der Waals surface area contributed by atoms with Crippen LogP contribution in [-0.4, -0.2) is 53.6 Å². The number of phenols is 3. The van der Waals surface area contributed by atoms with Crippen LogP contribution < -0.4 is 19.8 Å². The van der Waals surface area contributed by atoms with Crippen molar-refractivity contribution in [3.05, 3.63) is 148 Å². The van der Waals surface area contributed by atoms with E-state index in [0.29, 0.717) is 42.9 Å². The average Bonchev–Trinajstić information content (AvgIpc) is 3.71. The van der Waals surface area contributed by atoms with Crippen LogP contribution in [0.5, 0.6) is 28.7 Å². The Bertz CT molecular complexity index is 2270. The van der Waals surface area contributed by atoms with Crippen molar-refractivity contribution in [2.45, 2.75) is 64.0 Å². The van der Waals surface area contributed by atoms with Gasteiger partial charge in [-0.05, 0) is 113 Å². The predicted molar refractivity (Wildman–Crippen MR) is 219 cm³/mol. The van der Waals surface area contributed by atoms with Crippen LogP contribution >= 0.6 is 0 Å². The molecule has 0 aliphatic rings. The van der Waals surface area contributed by atoms with Gasteiger partial charge < -0.3 is 40.2 Å². The molecule has 9 heteroatoms. The van der Waals surface area contributed by atoms with Crippen LogP contribution in [0.1, 0.15) is 63.8 Å². The first kappa shape index (κ1) is 39.9. The fraction of sp³-hybridized carbons (Fsp3) is 0.298. The molecular weight excluding hydrogens is 705 g/mol. The van der Waals surface area contributed by atoms with E-state index in [9.17, 15) is 25.2 Å².